The van der Waals surface area contributed by atoms with Gasteiger partial charge < -0.3 is 10.6 Å². The van der Waals surface area contributed by atoms with Gasteiger partial charge in [-0.3, -0.25) is 9.78 Å². The maximum absolute atomic E-state index is 12.2. The molecule has 6 heteroatoms. The summed E-state index contributed by atoms with van der Waals surface area (Å²) in [5.74, 6) is 0.307. The van der Waals surface area contributed by atoms with Crippen LogP contribution in [0.1, 0.15) is 21.7 Å². The molecule has 0 saturated carbocycles. The van der Waals surface area contributed by atoms with Crippen LogP contribution < -0.4 is 10.6 Å². The molecule has 2 aromatic heterocycles. The molecule has 24 heavy (non-hydrogen) atoms. The smallest absolute Gasteiger partial charge is 0.275 e. The number of nitrogens with one attached hydrogen (secondary N) is 2. The zero-order valence-electron chi connectivity index (χ0n) is 13.2. The van der Waals surface area contributed by atoms with Gasteiger partial charge in [-0.15, -0.1) is 0 Å². The van der Waals surface area contributed by atoms with E-state index in [1.807, 2.05) is 49.4 Å². The van der Waals surface area contributed by atoms with Crippen LogP contribution in [0.15, 0.2) is 61.1 Å². The topological polar surface area (TPSA) is 79.8 Å². The van der Waals surface area contributed by atoms with Gasteiger partial charge in [0, 0.05) is 11.9 Å². The third-order valence-corrected chi connectivity index (χ3v) is 3.45. The van der Waals surface area contributed by atoms with Crippen molar-refractivity contribution in [2.75, 3.05) is 10.6 Å². The molecule has 1 aromatic carbocycles. The van der Waals surface area contributed by atoms with E-state index < -0.39 is 0 Å². The highest BCUT2D eigenvalue weighted by Gasteiger charge is 2.09. The highest BCUT2D eigenvalue weighted by atomic mass is 16.1. The second kappa shape index (κ2) is 7.32. The van der Waals surface area contributed by atoms with Crippen molar-refractivity contribution in [3.63, 3.8) is 0 Å². The Morgan fingerprint density at radius 2 is 1.83 bits per heavy atom. The average Bonchev–Trinajstić information content (AvgIpc) is 2.63. The van der Waals surface area contributed by atoms with Gasteiger partial charge in [-0.05, 0) is 30.7 Å². The van der Waals surface area contributed by atoms with E-state index in [0.29, 0.717) is 12.4 Å². The van der Waals surface area contributed by atoms with Crippen molar-refractivity contribution < 1.29 is 4.79 Å². The number of rotatable bonds is 5. The number of para-hydroxylation sites is 1. The van der Waals surface area contributed by atoms with E-state index in [2.05, 4.69) is 25.6 Å². The Labute approximate surface area is 140 Å². The largest absolute Gasteiger partial charge is 0.363 e. The summed E-state index contributed by atoms with van der Waals surface area (Å²) in [6, 6.07) is 13.3. The van der Waals surface area contributed by atoms with E-state index in [-0.39, 0.29) is 11.6 Å². The van der Waals surface area contributed by atoms with Crippen LogP contribution in [0, 0.1) is 6.92 Å². The zero-order valence-corrected chi connectivity index (χ0v) is 13.2. The van der Waals surface area contributed by atoms with Gasteiger partial charge in [-0.25, -0.2) is 9.97 Å². The van der Waals surface area contributed by atoms with Gasteiger partial charge >= 0.3 is 0 Å². The molecule has 120 valence electrons. The van der Waals surface area contributed by atoms with Gasteiger partial charge in [0.15, 0.2) is 0 Å². The van der Waals surface area contributed by atoms with E-state index in [1.165, 1.54) is 12.4 Å². The van der Waals surface area contributed by atoms with Crippen molar-refractivity contribution in [1.82, 2.24) is 15.0 Å². The number of pyridine rings is 1. The SMILES string of the molecule is Cc1ccccc1NC(=O)c1cnc(NCc2ccccn2)cn1. The van der Waals surface area contributed by atoms with E-state index in [1.54, 1.807) is 6.20 Å². The van der Waals surface area contributed by atoms with E-state index in [0.717, 1.165) is 16.9 Å². The van der Waals surface area contributed by atoms with Crippen LogP contribution in [0.3, 0.4) is 0 Å². The van der Waals surface area contributed by atoms with Gasteiger partial charge in [0.1, 0.15) is 11.5 Å². The standard InChI is InChI=1S/C18H17N5O/c1-13-6-2-3-8-15(13)23-18(24)16-11-22-17(12-20-16)21-10-14-7-4-5-9-19-14/h2-9,11-12H,10H2,1H3,(H,21,22)(H,23,24). The van der Waals surface area contributed by atoms with Gasteiger partial charge in [0.05, 0.1) is 24.6 Å². The number of carbonyl (C=O) groups is 1. The number of nitrogens with zero attached hydrogens (tertiary/aromatic N) is 3. The number of aromatic nitrogens is 3. The second-order valence-electron chi connectivity index (χ2n) is 5.23. The fraction of sp³-hybridized carbons (Fsp3) is 0.111. The van der Waals surface area contributed by atoms with Crippen LogP contribution in [-0.4, -0.2) is 20.9 Å². The molecule has 0 saturated heterocycles. The van der Waals surface area contributed by atoms with Crippen LogP contribution in [0.2, 0.25) is 0 Å². The number of carbonyl (C=O) groups excluding carboxylic acids is 1. The Morgan fingerprint density at radius 1 is 1.00 bits per heavy atom. The van der Waals surface area contributed by atoms with Crippen molar-refractivity contribution in [3.05, 3.63) is 78.0 Å². The number of hydrogen-bond donors (Lipinski definition) is 2. The predicted molar refractivity (Wildman–Crippen MR) is 92.7 cm³/mol. The lowest BCUT2D eigenvalue weighted by Gasteiger charge is -2.08. The first-order valence-corrected chi connectivity index (χ1v) is 7.55. The summed E-state index contributed by atoms with van der Waals surface area (Å²) in [7, 11) is 0. The van der Waals surface area contributed by atoms with Crippen LogP contribution in [0.25, 0.3) is 0 Å². The van der Waals surface area contributed by atoms with Crippen LogP contribution in [0.4, 0.5) is 11.5 Å². The van der Waals surface area contributed by atoms with Gasteiger partial charge in [0.25, 0.3) is 5.91 Å². The van der Waals surface area contributed by atoms with Gasteiger partial charge in [-0.1, -0.05) is 24.3 Å². The molecule has 0 aliphatic carbocycles. The first-order chi connectivity index (χ1) is 11.7. The third kappa shape index (κ3) is 3.92. The highest BCUT2D eigenvalue weighted by Crippen LogP contribution is 2.14. The molecule has 3 aromatic rings. The minimum Gasteiger partial charge on any atom is -0.363 e. The number of amides is 1. The van der Waals surface area contributed by atoms with Crippen molar-refractivity contribution in [2.24, 2.45) is 0 Å². The minimum atomic E-state index is -0.284. The van der Waals surface area contributed by atoms with Crippen LogP contribution >= 0.6 is 0 Å². The number of benzene rings is 1. The molecule has 0 radical (unpaired) electrons. The van der Waals surface area contributed by atoms with E-state index in [4.69, 9.17) is 0 Å². The molecule has 0 unspecified atom stereocenters. The molecular formula is C18H17N5O. The summed E-state index contributed by atoms with van der Waals surface area (Å²) in [4.78, 5) is 24.8. The van der Waals surface area contributed by atoms with Crippen LogP contribution in [0.5, 0.6) is 0 Å². The van der Waals surface area contributed by atoms with Gasteiger partial charge in [-0.2, -0.15) is 0 Å². The lowest BCUT2D eigenvalue weighted by molar-refractivity contribution is 0.102. The minimum absolute atomic E-state index is 0.265. The number of hydrogen-bond acceptors (Lipinski definition) is 5. The summed E-state index contributed by atoms with van der Waals surface area (Å²) >= 11 is 0. The van der Waals surface area contributed by atoms with E-state index >= 15 is 0 Å². The lowest BCUT2D eigenvalue weighted by atomic mass is 10.2. The zero-order chi connectivity index (χ0) is 16.8. The number of anilines is 2. The molecule has 0 spiro atoms. The monoisotopic (exact) mass is 319 g/mol. The van der Waals surface area contributed by atoms with Crippen molar-refractivity contribution in [1.29, 1.82) is 0 Å². The fourth-order valence-corrected chi connectivity index (χ4v) is 2.12. The third-order valence-electron chi connectivity index (χ3n) is 3.45. The molecule has 0 bridgehead atoms. The first-order valence-electron chi connectivity index (χ1n) is 7.55. The fourth-order valence-electron chi connectivity index (χ4n) is 2.12. The van der Waals surface area contributed by atoms with Crippen molar-refractivity contribution >= 4 is 17.4 Å². The molecule has 0 atom stereocenters. The molecule has 2 N–H and O–H groups in total. The average molecular weight is 319 g/mol. The first kappa shape index (κ1) is 15.6. The summed E-state index contributed by atoms with van der Waals surface area (Å²) in [5, 5.41) is 5.95. The molecule has 3 rings (SSSR count). The molecule has 6 nitrogen and oxygen atoms in total. The van der Waals surface area contributed by atoms with Crippen molar-refractivity contribution in [2.45, 2.75) is 13.5 Å². The summed E-state index contributed by atoms with van der Waals surface area (Å²) in [5.41, 5.74) is 2.93. The van der Waals surface area contributed by atoms with Crippen LogP contribution in [-0.2, 0) is 6.54 Å². The normalized spacial score (nSPS) is 10.2. The Kier molecular flexibility index (Phi) is 4.76. The Hall–Kier alpha value is -3.28. The Balaban J connectivity index is 1.61. The predicted octanol–water partition coefficient (Wildman–Crippen LogP) is 3.04. The quantitative estimate of drug-likeness (QED) is 0.755. The summed E-state index contributed by atoms with van der Waals surface area (Å²) in [6.07, 6.45) is 4.73. The molecule has 1 amide bonds. The highest BCUT2D eigenvalue weighted by molar-refractivity contribution is 6.03. The molecule has 0 aliphatic heterocycles. The second-order valence-corrected chi connectivity index (χ2v) is 5.23. The Morgan fingerprint density at radius 3 is 2.54 bits per heavy atom. The lowest BCUT2D eigenvalue weighted by Crippen LogP contribution is -2.15. The summed E-state index contributed by atoms with van der Waals surface area (Å²) in [6.45, 7) is 2.48. The Bertz CT molecular complexity index is 818. The van der Waals surface area contributed by atoms with E-state index in [9.17, 15) is 4.79 Å². The maximum atomic E-state index is 12.2. The van der Waals surface area contributed by atoms with Gasteiger partial charge in [0.2, 0.25) is 0 Å². The molecule has 0 fully saturated rings. The maximum Gasteiger partial charge on any atom is 0.275 e. The molecule has 2 heterocycles. The molecule has 0 aliphatic rings. The summed E-state index contributed by atoms with van der Waals surface area (Å²) < 4.78 is 0. The number of aryl methyl sites for hydroxylation is 1. The van der Waals surface area contributed by atoms with Crippen molar-refractivity contribution in [3.8, 4) is 0 Å². The molecular weight excluding hydrogens is 302 g/mol.